The van der Waals surface area contributed by atoms with Gasteiger partial charge in [-0.25, -0.2) is 0 Å². The van der Waals surface area contributed by atoms with Gasteiger partial charge in [0, 0.05) is 18.8 Å². The zero-order chi connectivity index (χ0) is 12.5. The Balaban J connectivity index is 1.69. The second kappa shape index (κ2) is 4.21. The number of hydrogen-bond donors (Lipinski definition) is 1. The summed E-state index contributed by atoms with van der Waals surface area (Å²) in [7, 11) is 0. The molecule has 2 heterocycles. The van der Waals surface area contributed by atoms with Crippen LogP contribution in [0.2, 0.25) is 0 Å². The fourth-order valence-corrected chi connectivity index (χ4v) is 1.91. The molecule has 0 radical (unpaired) electrons. The van der Waals surface area contributed by atoms with Gasteiger partial charge in [0.1, 0.15) is 0 Å². The molecule has 1 aliphatic rings. The van der Waals surface area contributed by atoms with Gasteiger partial charge < -0.3 is 9.63 Å². The highest BCUT2D eigenvalue weighted by atomic mass is 16.5. The lowest BCUT2D eigenvalue weighted by atomic mass is 10.2. The Morgan fingerprint density at radius 3 is 2.89 bits per heavy atom. The summed E-state index contributed by atoms with van der Waals surface area (Å²) in [6.07, 6.45) is 4.57. The van der Waals surface area contributed by atoms with Crippen LogP contribution < -0.4 is 0 Å². The van der Waals surface area contributed by atoms with E-state index in [2.05, 4.69) is 15.1 Å². The highest BCUT2D eigenvalue weighted by Gasteiger charge is 2.48. The van der Waals surface area contributed by atoms with E-state index in [4.69, 9.17) is 9.63 Å². The average Bonchev–Trinajstić information content (AvgIpc) is 3.05. The Bertz CT molecular complexity index is 567. The fourth-order valence-electron chi connectivity index (χ4n) is 1.91. The smallest absolute Gasteiger partial charge is 0.307 e. The number of pyridine rings is 1. The molecule has 92 valence electrons. The van der Waals surface area contributed by atoms with Crippen LogP contribution in [0.3, 0.4) is 0 Å². The molecule has 2 atom stereocenters. The monoisotopic (exact) mass is 245 g/mol. The number of carboxylic acid groups (broad SMARTS) is 1. The van der Waals surface area contributed by atoms with E-state index in [1.165, 1.54) is 0 Å². The van der Waals surface area contributed by atoms with Gasteiger partial charge in [-0.3, -0.25) is 9.78 Å². The third-order valence-electron chi connectivity index (χ3n) is 3.02. The van der Waals surface area contributed by atoms with Crippen molar-refractivity contribution in [2.45, 2.75) is 18.8 Å². The van der Waals surface area contributed by atoms with Gasteiger partial charge in [-0.2, -0.15) is 4.98 Å². The lowest BCUT2D eigenvalue weighted by Gasteiger charge is -1.93. The minimum absolute atomic E-state index is 0.110. The SMILES string of the molecule is O=C(O)C1CC1c1nc(Cc2ccncc2)no1. The van der Waals surface area contributed by atoms with Gasteiger partial charge in [0.2, 0.25) is 5.89 Å². The summed E-state index contributed by atoms with van der Waals surface area (Å²) in [6, 6.07) is 3.76. The molecule has 1 N–H and O–H groups in total. The molecule has 6 nitrogen and oxygen atoms in total. The van der Waals surface area contributed by atoms with Crippen molar-refractivity contribution in [3.8, 4) is 0 Å². The maximum atomic E-state index is 10.7. The number of carbonyl (C=O) groups is 1. The molecular weight excluding hydrogens is 234 g/mol. The van der Waals surface area contributed by atoms with Gasteiger partial charge >= 0.3 is 5.97 Å². The minimum atomic E-state index is -0.797. The predicted octanol–water partition coefficient (Wildman–Crippen LogP) is 1.24. The molecule has 1 fully saturated rings. The minimum Gasteiger partial charge on any atom is -0.481 e. The second-order valence-electron chi connectivity index (χ2n) is 4.37. The molecule has 2 aromatic heterocycles. The summed E-state index contributed by atoms with van der Waals surface area (Å²) in [5, 5.41) is 12.7. The summed E-state index contributed by atoms with van der Waals surface area (Å²) < 4.78 is 5.10. The Hall–Kier alpha value is -2.24. The highest BCUT2D eigenvalue weighted by Crippen LogP contribution is 2.46. The van der Waals surface area contributed by atoms with Crippen LogP contribution in [-0.2, 0) is 11.2 Å². The maximum Gasteiger partial charge on any atom is 0.307 e. The summed E-state index contributed by atoms with van der Waals surface area (Å²) in [5.74, 6) is -0.256. The number of carboxylic acids is 1. The Labute approximate surface area is 103 Å². The van der Waals surface area contributed by atoms with Crippen molar-refractivity contribution in [3.63, 3.8) is 0 Å². The van der Waals surface area contributed by atoms with Crippen molar-refractivity contribution in [3.05, 3.63) is 41.8 Å². The van der Waals surface area contributed by atoms with Gasteiger partial charge in [0.05, 0.1) is 11.8 Å². The van der Waals surface area contributed by atoms with E-state index in [1.807, 2.05) is 12.1 Å². The first-order valence-electron chi connectivity index (χ1n) is 5.68. The predicted molar refractivity (Wildman–Crippen MR) is 59.8 cm³/mol. The molecule has 0 amide bonds. The van der Waals surface area contributed by atoms with E-state index >= 15 is 0 Å². The summed E-state index contributed by atoms with van der Waals surface area (Å²) in [6.45, 7) is 0. The summed E-state index contributed by atoms with van der Waals surface area (Å²) >= 11 is 0. The molecule has 18 heavy (non-hydrogen) atoms. The number of hydrogen-bond acceptors (Lipinski definition) is 5. The van der Waals surface area contributed by atoms with Crippen LogP contribution >= 0.6 is 0 Å². The van der Waals surface area contributed by atoms with Gasteiger partial charge in [0.15, 0.2) is 5.82 Å². The average molecular weight is 245 g/mol. The topological polar surface area (TPSA) is 89.1 Å². The first-order chi connectivity index (χ1) is 8.74. The molecule has 0 aliphatic heterocycles. The first kappa shape index (κ1) is 10.9. The molecule has 2 unspecified atom stereocenters. The Kier molecular flexibility index (Phi) is 2.55. The lowest BCUT2D eigenvalue weighted by Crippen LogP contribution is -1.99. The normalized spacial score (nSPS) is 21.8. The van der Waals surface area contributed by atoms with Crippen molar-refractivity contribution in [1.82, 2.24) is 15.1 Å². The second-order valence-corrected chi connectivity index (χ2v) is 4.37. The lowest BCUT2D eigenvalue weighted by molar-refractivity contribution is -0.138. The number of rotatable bonds is 4. The summed E-state index contributed by atoms with van der Waals surface area (Å²) in [4.78, 5) is 18.9. The molecular formula is C12H11N3O3. The molecule has 1 saturated carbocycles. The van der Waals surface area contributed by atoms with Crippen molar-refractivity contribution >= 4 is 5.97 Å². The highest BCUT2D eigenvalue weighted by molar-refractivity contribution is 5.74. The van der Waals surface area contributed by atoms with Crippen molar-refractivity contribution < 1.29 is 14.4 Å². The van der Waals surface area contributed by atoms with E-state index in [9.17, 15) is 4.79 Å². The van der Waals surface area contributed by atoms with Crippen LogP contribution in [0.1, 0.15) is 29.6 Å². The quantitative estimate of drug-likeness (QED) is 0.871. The van der Waals surface area contributed by atoms with Crippen molar-refractivity contribution in [1.29, 1.82) is 0 Å². The standard InChI is InChI=1S/C12H11N3O3/c16-12(17)9-6-8(9)11-14-10(15-18-11)5-7-1-3-13-4-2-7/h1-4,8-9H,5-6H2,(H,16,17). The third kappa shape index (κ3) is 2.09. The van der Waals surface area contributed by atoms with Crippen LogP contribution in [0.25, 0.3) is 0 Å². The largest absolute Gasteiger partial charge is 0.481 e. The van der Waals surface area contributed by atoms with Gasteiger partial charge in [-0.05, 0) is 24.1 Å². The van der Waals surface area contributed by atoms with Gasteiger partial charge in [0.25, 0.3) is 0 Å². The van der Waals surface area contributed by atoms with Crippen LogP contribution in [0, 0.1) is 5.92 Å². The summed E-state index contributed by atoms with van der Waals surface area (Å²) in [5.41, 5.74) is 1.04. The molecule has 0 aromatic carbocycles. The maximum absolute atomic E-state index is 10.7. The van der Waals surface area contributed by atoms with E-state index in [1.54, 1.807) is 12.4 Å². The van der Waals surface area contributed by atoms with Crippen molar-refractivity contribution in [2.24, 2.45) is 5.92 Å². The third-order valence-corrected chi connectivity index (χ3v) is 3.02. The van der Waals surface area contributed by atoms with E-state index in [0.29, 0.717) is 24.6 Å². The number of aliphatic carboxylic acids is 1. The molecule has 6 heteroatoms. The van der Waals surface area contributed by atoms with E-state index in [-0.39, 0.29) is 11.8 Å². The zero-order valence-corrected chi connectivity index (χ0v) is 9.48. The van der Waals surface area contributed by atoms with Crippen LogP contribution in [-0.4, -0.2) is 26.2 Å². The number of nitrogens with zero attached hydrogens (tertiary/aromatic N) is 3. The molecule has 0 saturated heterocycles. The molecule has 3 rings (SSSR count). The van der Waals surface area contributed by atoms with Crippen LogP contribution in [0.15, 0.2) is 29.0 Å². The molecule has 2 aromatic rings. The van der Waals surface area contributed by atoms with Crippen LogP contribution in [0.4, 0.5) is 0 Å². The van der Waals surface area contributed by atoms with Gasteiger partial charge in [-0.15, -0.1) is 0 Å². The van der Waals surface area contributed by atoms with Crippen LogP contribution in [0.5, 0.6) is 0 Å². The zero-order valence-electron chi connectivity index (χ0n) is 9.48. The Morgan fingerprint density at radius 1 is 1.44 bits per heavy atom. The molecule has 0 bridgehead atoms. The van der Waals surface area contributed by atoms with Crippen molar-refractivity contribution in [2.75, 3.05) is 0 Å². The number of aromatic nitrogens is 3. The first-order valence-corrected chi connectivity index (χ1v) is 5.68. The molecule has 0 spiro atoms. The van der Waals surface area contributed by atoms with E-state index in [0.717, 1.165) is 5.56 Å². The van der Waals surface area contributed by atoms with E-state index < -0.39 is 5.97 Å². The van der Waals surface area contributed by atoms with Gasteiger partial charge in [-0.1, -0.05) is 5.16 Å². The fraction of sp³-hybridized carbons (Fsp3) is 0.333. The molecule has 1 aliphatic carbocycles. The Morgan fingerprint density at radius 2 is 2.22 bits per heavy atom.